The summed E-state index contributed by atoms with van der Waals surface area (Å²) in [6, 6.07) is 0. The van der Waals surface area contributed by atoms with Crippen LogP contribution in [0.2, 0.25) is 0 Å². The summed E-state index contributed by atoms with van der Waals surface area (Å²) in [4.78, 5) is 12.2. The van der Waals surface area contributed by atoms with Gasteiger partial charge >= 0.3 is 5.97 Å². The molecule has 100 valence electrons. The standard InChI is InChI=1S/C14H27NO2/c1-4-6-14(7-9-15-10-8-14)13(16)17-11-5-12(2)3/h12,15H,4-11H2,1-3H3. The Labute approximate surface area is 105 Å². The third-order valence-electron chi connectivity index (χ3n) is 3.65. The van der Waals surface area contributed by atoms with E-state index >= 15 is 0 Å². The molecule has 0 radical (unpaired) electrons. The molecule has 1 heterocycles. The number of ether oxygens (including phenoxy) is 1. The van der Waals surface area contributed by atoms with Crippen LogP contribution in [0.5, 0.6) is 0 Å². The van der Waals surface area contributed by atoms with E-state index in [-0.39, 0.29) is 11.4 Å². The minimum absolute atomic E-state index is 0.0431. The molecule has 17 heavy (non-hydrogen) atoms. The lowest BCUT2D eigenvalue weighted by Gasteiger charge is -2.35. The Balaban J connectivity index is 2.48. The second-order valence-electron chi connectivity index (χ2n) is 5.60. The third-order valence-corrected chi connectivity index (χ3v) is 3.65. The lowest BCUT2D eigenvalue weighted by Crippen LogP contribution is -2.43. The summed E-state index contributed by atoms with van der Waals surface area (Å²) in [5, 5.41) is 3.32. The Morgan fingerprint density at radius 2 is 2.00 bits per heavy atom. The van der Waals surface area contributed by atoms with Gasteiger partial charge in [0.15, 0.2) is 0 Å². The lowest BCUT2D eigenvalue weighted by atomic mass is 9.75. The first-order chi connectivity index (χ1) is 8.10. The molecule has 0 spiro atoms. The molecule has 0 atom stereocenters. The van der Waals surface area contributed by atoms with E-state index in [9.17, 15) is 4.79 Å². The van der Waals surface area contributed by atoms with Crippen molar-refractivity contribution in [1.82, 2.24) is 5.32 Å². The molecule has 0 aliphatic carbocycles. The molecule has 1 saturated heterocycles. The Morgan fingerprint density at radius 1 is 1.35 bits per heavy atom. The van der Waals surface area contributed by atoms with Crippen LogP contribution in [-0.4, -0.2) is 25.7 Å². The molecule has 1 rings (SSSR count). The van der Waals surface area contributed by atoms with E-state index in [1.165, 1.54) is 0 Å². The SMILES string of the molecule is CCCC1(C(=O)OCCC(C)C)CCNCC1. The second-order valence-corrected chi connectivity index (χ2v) is 5.60. The van der Waals surface area contributed by atoms with E-state index in [2.05, 4.69) is 26.1 Å². The number of carbonyl (C=O) groups excluding carboxylic acids is 1. The minimum atomic E-state index is -0.197. The Hall–Kier alpha value is -0.570. The summed E-state index contributed by atoms with van der Waals surface area (Å²) < 4.78 is 5.48. The average Bonchev–Trinajstić information content (AvgIpc) is 2.30. The van der Waals surface area contributed by atoms with Crippen LogP contribution in [0.3, 0.4) is 0 Å². The first-order valence-corrected chi connectivity index (χ1v) is 6.98. The average molecular weight is 241 g/mol. The normalized spacial score (nSPS) is 19.3. The first-order valence-electron chi connectivity index (χ1n) is 6.98. The number of carbonyl (C=O) groups is 1. The zero-order valence-corrected chi connectivity index (χ0v) is 11.6. The van der Waals surface area contributed by atoms with Crippen molar-refractivity contribution in [2.75, 3.05) is 19.7 Å². The fourth-order valence-electron chi connectivity index (χ4n) is 2.48. The largest absolute Gasteiger partial charge is 0.465 e. The van der Waals surface area contributed by atoms with E-state index in [1.54, 1.807) is 0 Å². The van der Waals surface area contributed by atoms with Crippen LogP contribution in [0.15, 0.2) is 0 Å². The van der Waals surface area contributed by atoms with Crippen LogP contribution in [0, 0.1) is 11.3 Å². The van der Waals surface area contributed by atoms with Crippen LogP contribution in [-0.2, 0) is 9.53 Å². The van der Waals surface area contributed by atoms with Crippen molar-refractivity contribution in [2.24, 2.45) is 11.3 Å². The number of nitrogens with one attached hydrogen (secondary N) is 1. The van der Waals surface area contributed by atoms with Gasteiger partial charge in [0.25, 0.3) is 0 Å². The molecule has 0 amide bonds. The van der Waals surface area contributed by atoms with Crippen LogP contribution >= 0.6 is 0 Å². The molecule has 0 aromatic heterocycles. The number of hydrogen-bond donors (Lipinski definition) is 1. The van der Waals surface area contributed by atoms with Gasteiger partial charge in [-0.3, -0.25) is 4.79 Å². The lowest BCUT2D eigenvalue weighted by molar-refractivity contribution is -0.158. The molecule has 1 aliphatic rings. The molecule has 1 N–H and O–H groups in total. The molecule has 0 aromatic carbocycles. The van der Waals surface area contributed by atoms with Crippen molar-refractivity contribution in [3.63, 3.8) is 0 Å². The van der Waals surface area contributed by atoms with Gasteiger partial charge in [-0.1, -0.05) is 27.2 Å². The minimum Gasteiger partial charge on any atom is -0.465 e. The predicted octanol–water partition coefficient (Wildman–Crippen LogP) is 2.75. The van der Waals surface area contributed by atoms with Gasteiger partial charge in [-0.25, -0.2) is 0 Å². The van der Waals surface area contributed by atoms with E-state index in [0.717, 1.165) is 45.2 Å². The maximum Gasteiger partial charge on any atom is 0.312 e. The zero-order chi connectivity index (χ0) is 12.7. The number of esters is 1. The highest BCUT2D eigenvalue weighted by molar-refractivity contribution is 5.77. The van der Waals surface area contributed by atoms with Crippen molar-refractivity contribution < 1.29 is 9.53 Å². The van der Waals surface area contributed by atoms with Crippen molar-refractivity contribution in [2.45, 2.75) is 52.9 Å². The zero-order valence-electron chi connectivity index (χ0n) is 11.6. The highest BCUT2D eigenvalue weighted by Crippen LogP contribution is 2.35. The van der Waals surface area contributed by atoms with Gasteiger partial charge in [-0.15, -0.1) is 0 Å². The Kier molecular flexibility index (Phi) is 5.96. The van der Waals surface area contributed by atoms with E-state index in [1.807, 2.05) is 0 Å². The molecule has 0 bridgehead atoms. The highest BCUT2D eigenvalue weighted by atomic mass is 16.5. The van der Waals surface area contributed by atoms with E-state index in [4.69, 9.17) is 4.74 Å². The summed E-state index contributed by atoms with van der Waals surface area (Å²) in [5.74, 6) is 0.638. The maximum atomic E-state index is 12.2. The highest BCUT2D eigenvalue weighted by Gasteiger charge is 2.39. The summed E-state index contributed by atoms with van der Waals surface area (Å²) >= 11 is 0. The molecule has 0 aromatic rings. The second kappa shape index (κ2) is 7.00. The van der Waals surface area contributed by atoms with Crippen molar-refractivity contribution in [3.8, 4) is 0 Å². The Bertz CT molecular complexity index is 227. The van der Waals surface area contributed by atoms with Crippen molar-refractivity contribution in [3.05, 3.63) is 0 Å². The summed E-state index contributed by atoms with van der Waals surface area (Å²) in [7, 11) is 0. The number of piperidine rings is 1. The molecular formula is C14H27NO2. The fourth-order valence-corrected chi connectivity index (χ4v) is 2.48. The molecule has 1 fully saturated rings. The van der Waals surface area contributed by atoms with Gasteiger partial charge in [-0.2, -0.15) is 0 Å². The van der Waals surface area contributed by atoms with E-state index in [0.29, 0.717) is 12.5 Å². The van der Waals surface area contributed by atoms with Crippen molar-refractivity contribution >= 4 is 5.97 Å². The van der Waals surface area contributed by atoms with Crippen LogP contribution in [0.4, 0.5) is 0 Å². The molecule has 1 aliphatic heterocycles. The van der Waals surface area contributed by atoms with Gasteiger partial charge in [-0.05, 0) is 44.7 Å². The fraction of sp³-hybridized carbons (Fsp3) is 0.929. The quantitative estimate of drug-likeness (QED) is 0.727. The monoisotopic (exact) mass is 241 g/mol. The van der Waals surface area contributed by atoms with Crippen LogP contribution in [0.1, 0.15) is 52.9 Å². The van der Waals surface area contributed by atoms with Crippen LogP contribution in [0.25, 0.3) is 0 Å². The maximum absolute atomic E-state index is 12.2. The first kappa shape index (κ1) is 14.5. The van der Waals surface area contributed by atoms with Gasteiger partial charge in [0.2, 0.25) is 0 Å². The molecular weight excluding hydrogens is 214 g/mol. The molecule has 0 unspecified atom stereocenters. The topological polar surface area (TPSA) is 38.3 Å². The van der Waals surface area contributed by atoms with E-state index < -0.39 is 0 Å². The Morgan fingerprint density at radius 3 is 2.53 bits per heavy atom. The third kappa shape index (κ3) is 4.30. The summed E-state index contributed by atoms with van der Waals surface area (Å²) in [6.07, 6.45) is 4.85. The number of rotatable bonds is 6. The van der Waals surface area contributed by atoms with Crippen LogP contribution < -0.4 is 5.32 Å². The van der Waals surface area contributed by atoms with Gasteiger partial charge in [0.05, 0.1) is 12.0 Å². The molecule has 3 nitrogen and oxygen atoms in total. The summed E-state index contributed by atoms with van der Waals surface area (Å²) in [6.45, 7) is 8.92. The predicted molar refractivity (Wildman–Crippen MR) is 69.9 cm³/mol. The van der Waals surface area contributed by atoms with Crippen molar-refractivity contribution in [1.29, 1.82) is 0 Å². The molecule has 3 heteroatoms. The van der Waals surface area contributed by atoms with Gasteiger partial charge in [0, 0.05) is 0 Å². The number of hydrogen-bond acceptors (Lipinski definition) is 3. The van der Waals surface area contributed by atoms with Gasteiger partial charge < -0.3 is 10.1 Å². The summed E-state index contributed by atoms with van der Waals surface area (Å²) in [5.41, 5.74) is -0.197. The molecule has 0 saturated carbocycles. The smallest absolute Gasteiger partial charge is 0.312 e. The van der Waals surface area contributed by atoms with Gasteiger partial charge in [0.1, 0.15) is 0 Å².